The second kappa shape index (κ2) is 8.47. The van der Waals surface area contributed by atoms with Crippen LogP contribution in [0.3, 0.4) is 0 Å². The number of benzene rings is 1. The van der Waals surface area contributed by atoms with E-state index in [-0.39, 0.29) is 17.3 Å². The first-order valence-electron chi connectivity index (χ1n) is 9.08. The Morgan fingerprint density at radius 2 is 2.00 bits per heavy atom. The molecule has 146 valence electrons. The van der Waals surface area contributed by atoms with E-state index < -0.39 is 5.82 Å². The molecule has 0 radical (unpaired) electrons. The zero-order valence-corrected chi connectivity index (χ0v) is 16.0. The normalized spacial score (nSPS) is 13.8. The lowest BCUT2D eigenvalue weighted by Crippen LogP contribution is -2.23. The minimum Gasteiger partial charge on any atom is -0.467 e. The van der Waals surface area contributed by atoms with Crippen LogP contribution in [0.15, 0.2) is 52.2 Å². The van der Waals surface area contributed by atoms with Crippen LogP contribution in [0, 0.1) is 5.82 Å². The van der Waals surface area contributed by atoms with Crippen molar-refractivity contribution >= 4 is 29.3 Å². The van der Waals surface area contributed by atoms with Crippen LogP contribution < -0.4 is 10.2 Å². The van der Waals surface area contributed by atoms with Gasteiger partial charge in [-0.05, 0) is 37.1 Å². The van der Waals surface area contributed by atoms with Crippen LogP contribution in [0.2, 0.25) is 0 Å². The molecule has 0 atom stereocenters. The van der Waals surface area contributed by atoms with Crippen LogP contribution in [0.1, 0.15) is 18.6 Å². The number of nitrogens with one attached hydrogen (secondary N) is 1. The van der Waals surface area contributed by atoms with Crippen molar-refractivity contribution < 1.29 is 13.6 Å². The summed E-state index contributed by atoms with van der Waals surface area (Å²) >= 11 is 1.27. The first-order valence-corrected chi connectivity index (χ1v) is 10.1. The molecule has 1 fully saturated rings. The van der Waals surface area contributed by atoms with Gasteiger partial charge in [-0.25, -0.2) is 4.39 Å². The zero-order chi connectivity index (χ0) is 19.3. The monoisotopic (exact) mass is 401 g/mol. The molecule has 9 heteroatoms. The van der Waals surface area contributed by atoms with E-state index in [0.29, 0.717) is 11.7 Å². The van der Waals surface area contributed by atoms with Gasteiger partial charge in [-0.1, -0.05) is 23.9 Å². The van der Waals surface area contributed by atoms with Gasteiger partial charge in [0.25, 0.3) is 0 Å². The summed E-state index contributed by atoms with van der Waals surface area (Å²) in [7, 11) is 0. The molecule has 1 saturated heterocycles. The Labute approximate surface area is 165 Å². The van der Waals surface area contributed by atoms with Gasteiger partial charge in [-0.3, -0.25) is 9.36 Å². The number of nitrogens with zero attached hydrogens (tertiary/aromatic N) is 4. The lowest BCUT2D eigenvalue weighted by atomic mass is 10.3. The summed E-state index contributed by atoms with van der Waals surface area (Å²) in [6.45, 7) is 2.37. The number of anilines is 2. The molecule has 0 unspecified atom stereocenters. The number of carbonyl (C=O) groups is 1. The standard InChI is InChI=1S/C19H20FN5O2S/c20-15-7-1-2-8-16(15)21-17(26)13-28-19-23-22-18(24-9-3-4-10-24)25(19)12-14-6-5-11-27-14/h1-2,5-8,11H,3-4,9-10,12-13H2,(H,21,26). The summed E-state index contributed by atoms with van der Waals surface area (Å²) in [5.41, 5.74) is 0.169. The topological polar surface area (TPSA) is 76.2 Å². The fourth-order valence-electron chi connectivity index (χ4n) is 3.11. The Hall–Kier alpha value is -2.81. The first-order chi connectivity index (χ1) is 13.7. The summed E-state index contributed by atoms with van der Waals surface area (Å²) in [4.78, 5) is 14.4. The average Bonchev–Trinajstić information content (AvgIpc) is 3.44. The van der Waals surface area contributed by atoms with Gasteiger partial charge in [0.1, 0.15) is 11.6 Å². The maximum absolute atomic E-state index is 13.7. The van der Waals surface area contributed by atoms with E-state index in [9.17, 15) is 9.18 Å². The van der Waals surface area contributed by atoms with E-state index >= 15 is 0 Å². The smallest absolute Gasteiger partial charge is 0.234 e. The van der Waals surface area contributed by atoms with Crippen molar-refractivity contribution in [2.24, 2.45) is 0 Å². The quantitative estimate of drug-likeness (QED) is 0.612. The third-order valence-electron chi connectivity index (χ3n) is 4.46. The van der Waals surface area contributed by atoms with E-state index in [2.05, 4.69) is 20.4 Å². The number of hydrogen-bond donors (Lipinski definition) is 1. The Balaban J connectivity index is 1.47. The number of amides is 1. The van der Waals surface area contributed by atoms with Crippen molar-refractivity contribution in [3.63, 3.8) is 0 Å². The van der Waals surface area contributed by atoms with E-state index in [1.807, 2.05) is 16.7 Å². The van der Waals surface area contributed by atoms with Crippen LogP contribution in [0.5, 0.6) is 0 Å². The molecule has 1 aliphatic rings. The molecule has 0 saturated carbocycles. The molecule has 1 aromatic carbocycles. The average molecular weight is 401 g/mol. The molecular weight excluding hydrogens is 381 g/mol. The van der Waals surface area contributed by atoms with Crippen LogP contribution in [0.4, 0.5) is 16.0 Å². The van der Waals surface area contributed by atoms with Gasteiger partial charge in [0.2, 0.25) is 11.9 Å². The Bertz CT molecular complexity index is 938. The Kier molecular flexibility index (Phi) is 5.61. The molecule has 0 aliphatic carbocycles. The van der Waals surface area contributed by atoms with Gasteiger partial charge in [-0.2, -0.15) is 0 Å². The second-order valence-corrected chi connectivity index (χ2v) is 7.40. The van der Waals surface area contributed by atoms with Crippen molar-refractivity contribution in [2.75, 3.05) is 29.1 Å². The van der Waals surface area contributed by atoms with E-state index in [1.54, 1.807) is 18.4 Å². The molecule has 1 aliphatic heterocycles. The molecule has 1 amide bonds. The molecule has 3 aromatic rings. The highest BCUT2D eigenvalue weighted by molar-refractivity contribution is 7.99. The van der Waals surface area contributed by atoms with Gasteiger partial charge in [-0.15, -0.1) is 10.2 Å². The fraction of sp³-hybridized carbons (Fsp3) is 0.316. The molecule has 0 spiro atoms. The SMILES string of the molecule is O=C(CSc1nnc(N2CCCC2)n1Cc1ccco1)Nc1ccccc1F. The second-order valence-electron chi connectivity index (χ2n) is 6.46. The summed E-state index contributed by atoms with van der Waals surface area (Å²) in [5.74, 6) is 0.914. The minimum absolute atomic E-state index is 0.102. The lowest BCUT2D eigenvalue weighted by molar-refractivity contribution is -0.113. The summed E-state index contributed by atoms with van der Waals surface area (Å²) in [6, 6.07) is 9.83. The summed E-state index contributed by atoms with van der Waals surface area (Å²) in [6.07, 6.45) is 3.88. The predicted molar refractivity (Wildman–Crippen MR) is 105 cm³/mol. The highest BCUT2D eigenvalue weighted by atomic mass is 32.2. The molecule has 4 rings (SSSR count). The van der Waals surface area contributed by atoms with Crippen LogP contribution in [-0.4, -0.2) is 39.5 Å². The number of halogens is 1. The molecule has 2 aromatic heterocycles. The van der Waals surface area contributed by atoms with Gasteiger partial charge in [0.15, 0.2) is 5.16 Å². The molecule has 1 N–H and O–H groups in total. The molecule has 3 heterocycles. The number of rotatable bonds is 7. The zero-order valence-electron chi connectivity index (χ0n) is 15.2. The van der Waals surface area contributed by atoms with Crippen LogP contribution in [-0.2, 0) is 11.3 Å². The first kappa shape index (κ1) is 18.5. The maximum atomic E-state index is 13.7. The largest absolute Gasteiger partial charge is 0.467 e. The van der Waals surface area contributed by atoms with E-state index in [0.717, 1.165) is 37.6 Å². The van der Waals surface area contributed by atoms with Crippen molar-refractivity contribution in [2.45, 2.75) is 24.5 Å². The van der Waals surface area contributed by atoms with Crippen molar-refractivity contribution in [1.82, 2.24) is 14.8 Å². The number of carbonyl (C=O) groups excluding carboxylic acids is 1. The summed E-state index contributed by atoms with van der Waals surface area (Å²) in [5, 5.41) is 11.8. The number of hydrogen-bond acceptors (Lipinski definition) is 6. The fourth-order valence-corrected chi connectivity index (χ4v) is 3.85. The Morgan fingerprint density at radius 3 is 2.75 bits per heavy atom. The van der Waals surface area contributed by atoms with Gasteiger partial charge < -0.3 is 14.6 Å². The number of furan rings is 1. The van der Waals surface area contributed by atoms with Gasteiger partial charge in [0.05, 0.1) is 24.2 Å². The van der Waals surface area contributed by atoms with Crippen molar-refractivity contribution in [1.29, 1.82) is 0 Å². The maximum Gasteiger partial charge on any atom is 0.234 e. The number of para-hydroxylation sites is 1. The van der Waals surface area contributed by atoms with Crippen LogP contribution >= 0.6 is 11.8 Å². The van der Waals surface area contributed by atoms with E-state index in [1.165, 1.54) is 23.9 Å². The molecule has 0 bridgehead atoms. The number of aromatic nitrogens is 3. The third kappa shape index (κ3) is 4.19. The molecular formula is C19H20FN5O2S. The third-order valence-corrected chi connectivity index (χ3v) is 5.43. The molecule has 28 heavy (non-hydrogen) atoms. The predicted octanol–water partition coefficient (Wildman–Crippen LogP) is 3.39. The molecule has 7 nitrogen and oxygen atoms in total. The van der Waals surface area contributed by atoms with Gasteiger partial charge >= 0.3 is 0 Å². The number of thioether (sulfide) groups is 1. The van der Waals surface area contributed by atoms with Gasteiger partial charge in [0, 0.05) is 13.1 Å². The lowest BCUT2D eigenvalue weighted by Gasteiger charge is -2.17. The summed E-state index contributed by atoms with van der Waals surface area (Å²) < 4.78 is 21.1. The highest BCUT2D eigenvalue weighted by Crippen LogP contribution is 2.26. The van der Waals surface area contributed by atoms with E-state index in [4.69, 9.17) is 4.42 Å². The van der Waals surface area contributed by atoms with Crippen molar-refractivity contribution in [3.05, 3.63) is 54.2 Å². The highest BCUT2D eigenvalue weighted by Gasteiger charge is 2.22. The van der Waals surface area contributed by atoms with Crippen LogP contribution in [0.25, 0.3) is 0 Å². The Morgan fingerprint density at radius 1 is 1.18 bits per heavy atom. The van der Waals surface area contributed by atoms with Crippen molar-refractivity contribution in [3.8, 4) is 0 Å². The minimum atomic E-state index is -0.460.